The molecule has 1 heteroatoms. The van der Waals surface area contributed by atoms with Crippen molar-refractivity contribution in [3.8, 4) is 5.75 Å². The Kier molecular flexibility index (Phi) is 3.39. The van der Waals surface area contributed by atoms with Gasteiger partial charge in [0.25, 0.3) is 0 Å². The number of hydrogen-bond acceptors (Lipinski definition) is 1. The van der Waals surface area contributed by atoms with Crippen LogP contribution in [-0.2, 0) is 6.42 Å². The third-order valence-electron chi connectivity index (χ3n) is 1.60. The summed E-state index contributed by atoms with van der Waals surface area (Å²) in [5, 5.41) is 0. The van der Waals surface area contributed by atoms with Crippen LogP contribution in [0.1, 0.15) is 19.4 Å². The lowest BCUT2D eigenvalue weighted by Gasteiger charge is -2.09. The molecule has 1 aliphatic heterocycles. The first-order chi connectivity index (χ1) is 5.97. The number of rotatable bonds is 0. The number of benzene rings is 1. The fraction of sp³-hybridized carbons (Fsp3) is 0.273. The molecular weight excluding hydrogens is 148 g/mol. The number of allylic oxidation sites excluding steroid dienone is 1. The lowest BCUT2D eigenvalue weighted by atomic mass is 10.1. The van der Waals surface area contributed by atoms with Gasteiger partial charge in [0.05, 0.1) is 6.26 Å². The van der Waals surface area contributed by atoms with Crippen molar-refractivity contribution in [2.45, 2.75) is 20.3 Å². The zero-order valence-corrected chi connectivity index (χ0v) is 7.58. The van der Waals surface area contributed by atoms with E-state index in [1.54, 1.807) is 6.26 Å². The summed E-state index contributed by atoms with van der Waals surface area (Å²) in [7, 11) is 0. The molecule has 0 N–H and O–H groups in total. The van der Waals surface area contributed by atoms with Crippen molar-refractivity contribution in [1.29, 1.82) is 0 Å². The third-order valence-corrected chi connectivity index (χ3v) is 1.60. The monoisotopic (exact) mass is 162 g/mol. The van der Waals surface area contributed by atoms with Crippen molar-refractivity contribution in [3.63, 3.8) is 0 Å². The van der Waals surface area contributed by atoms with E-state index in [4.69, 9.17) is 4.74 Å². The Morgan fingerprint density at radius 3 is 2.67 bits per heavy atom. The first-order valence-electron chi connectivity index (χ1n) is 4.36. The highest BCUT2D eigenvalue weighted by molar-refractivity contribution is 5.36. The molecule has 0 aliphatic carbocycles. The van der Waals surface area contributed by atoms with Crippen molar-refractivity contribution in [3.05, 3.63) is 42.2 Å². The molecule has 0 fully saturated rings. The van der Waals surface area contributed by atoms with Crippen molar-refractivity contribution >= 4 is 0 Å². The van der Waals surface area contributed by atoms with E-state index in [1.165, 1.54) is 5.56 Å². The quantitative estimate of drug-likeness (QED) is 0.569. The van der Waals surface area contributed by atoms with Crippen molar-refractivity contribution in [2.24, 2.45) is 0 Å². The van der Waals surface area contributed by atoms with Gasteiger partial charge in [-0.25, -0.2) is 0 Å². The van der Waals surface area contributed by atoms with E-state index in [0.717, 1.165) is 12.2 Å². The van der Waals surface area contributed by atoms with Crippen LogP contribution in [0, 0.1) is 0 Å². The fourth-order valence-electron chi connectivity index (χ4n) is 1.08. The second-order valence-corrected chi connectivity index (χ2v) is 2.30. The number of fused-ring (bicyclic) bond motifs is 1. The summed E-state index contributed by atoms with van der Waals surface area (Å²) < 4.78 is 5.24. The van der Waals surface area contributed by atoms with Crippen molar-refractivity contribution in [1.82, 2.24) is 0 Å². The Labute approximate surface area is 73.7 Å². The molecule has 1 heterocycles. The first-order valence-corrected chi connectivity index (χ1v) is 4.36. The van der Waals surface area contributed by atoms with Crippen LogP contribution in [0.15, 0.2) is 36.6 Å². The van der Waals surface area contributed by atoms with Crippen LogP contribution in [0.4, 0.5) is 0 Å². The SMILES string of the molecule is C1=COc2ccccc2C1.CC. The third kappa shape index (κ3) is 1.88. The highest BCUT2D eigenvalue weighted by atomic mass is 16.5. The van der Waals surface area contributed by atoms with Crippen LogP contribution < -0.4 is 4.74 Å². The second kappa shape index (κ2) is 4.60. The van der Waals surface area contributed by atoms with Crippen molar-refractivity contribution < 1.29 is 4.74 Å². The molecule has 0 spiro atoms. The van der Waals surface area contributed by atoms with Gasteiger partial charge in [-0.1, -0.05) is 32.0 Å². The summed E-state index contributed by atoms with van der Waals surface area (Å²) in [5.41, 5.74) is 1.27. The minimum atomic E-state index is 0.991. The van der Waals surface area contributed by atoms with E-state index in [1.807, 2.05) is 38.1 Å². The summed E-state index contributed by atoms with van der Waals surface area (Å²) in [5.74, 6) is 0.991. The largest absolute Gasteiger partial charge is 0.465 e. The summed E-state index contributed by atoms with van der Waals surface area (Å²) in [4.78, 5) is 0. The number of ether oxygens (including phenoxy) is 1. The molecule has 0 amide bonds. The molecule has 0 radical (unpaired) electrons. The average Bonchev–Trinajstić information content (AvgIpc) is 2.21. The lowest BCUT2D eigenvalue weighted by Crippen LogP contribution is -1.94. The van der Waals surface area contributed by atoms with Gasteiger partial charge in [0, 0.05) is 0 Å². The van der Waals surface area contributed by atoms with Gasteiger partial charge in [0.1, 0.15) is 5.75 Å². The molecule has 64 valence electrons. The first kappa shape index (κ1) is 8.85. The van der Waals surface area contributed by atoms with E-state index in [9.17, 15) is 0 Å². The minimum absolute atomic E-state index is 0.991. The minimum Gasteiger partial charge on any atom is -0.465 e. The van der Waals surface area contributed by atoms with Gasteiger partial charge in [-0.15, -0.1) is 0 Å². The van der Waals surface area contributed by atoms with E-state index in [-0.39, 0.29) is 0 Å². The maximum atomic E-state index is 5.24. The van der Waals surface area contributed by atoms with Gasteiger partial charge in [0.2, 0.25) is 0 Å². The van der Waals surface area contributed by atoms with Crippen LogP contribution >= 0.6 is 0 Å². The van der Waals surface area contributed by atoms with Gasteiger partial charge in [0.15, 0.2) is 0 Å². The predicted molar refractivity (Wildman–Crippen MR) is 51.3 cm³/mol. The Morgan fingerprint density at radius 1 is 1.17 bits per heavy atom. The Hall–Kier alpha value is -1.24. The van der Waals surface area contributed by atoms with E-state index < -0.39 is 0 Å². The smallest absolute Gasteiger partial charge is 0.130 e. The molecule has 2 rings (SSSR count). The van der Waals surface area contributed by atoms with E-state index in [0.29, 0.717) is 0 Å². The Morgan fingerprint density at radius 2 is 1.92 bits per heavy atom. The standard InChI is InChI=1S/C9H8O.C2H6/c1-2-6-9-8(4-1)5-3-7-10-9;1-2/h1-4,6-7H,5H2;1-2H3. The Balaban J connectivity index is 0.000000336. The molecule has 0 unspecified atom stereocenters. The normalized spacial score (nSPS) is 12.2. The molecule has 0 aromatic heterocycles. The predicted octanol–water partition coefficient (Wildman–Crippen LogP) is 3.16. The van der Waals surface area contributed by atoms with Crippen molar-refractivity contribution in [2.75, 3.05) is 0 Å². The molecule has 1 nitrogen and oxygen atoms in total. The zero-order valence-electron chi connectivity index (χ0n) is 7.58. The van der Waals surface area contributed by atoms with Crippen LogP contribution in [0.5, 0.6) is 5.75 Å². The fourth-order valence-corrected chi connectivity index (χ4v) is 1.08. The van der Waals surface area contributed by atoms with E-state index >= 15 is 0 Å². The van der Waals surface area contributed by atoms with Crippen LogP contribution in [0.3, 0.4) is 0 Å². The molecule has 1 aromatic rings. The van der Waals surface area contributed by atoms with Crippen LogP contribution in [0.25, 0.3) is 0 Å². The molecule has 0 atom stereocenters. The summed E-state index contributed by atoms with van der Waals surface area (Å²) in [6.45, 7) is 4.00. The molecular formula is C11H14O. The maximum absolute atomic E-state index is 5.24. The topological polar surface area (TPSA) is 9.23 Å². The highest BCUT2D eigenvalue weighted by Gasteiger charge is 2.02. The van der Waals surface area contributed by atoms with Crippen LogP contribution in [-0.4, -0.2) is 0 Å². The average molecular weight is 162 g/mol. The Bertz CT molecular complexity index is 236. The number of para-hydroxylation sites is 1. The molecule has 0 bridgehead atoms. The van der Waals surface area contributed by atoms with Gasteiger partial charge in [-0.2, -0.15) is 0 Å². The lowest BCUT2D eigenvalue weighted by molar-refractivity contribution is 0.464. The summed E-state index contributed by atoms with van der Waals surface area (Å²) in [6.07, 6.45) is 4.75. The van der Waals surface area contributed by atoms with Gasteiger partial charge < -0.3 is 4.74 Å². The summed E-state index contributed by atoms with van der Waals surface area (Å²) >= 11 is 0. The van der Waals surface area contributed by atoms with Gasteiger partial charge in [-0.05, 0) is 24.1 Å². The molecule has 0 saturated carbocycles. The van der Waals surface area contributed by atoms with Crippen LogP contribution in [0.2, 0.25) is 0 Å². The molecule has 1 aromatic carbocycles. The molecule has 0 saturated heterocycles. The van der Waals surface area contributed by atoms with E-state index in [2.05, 4.69) is 6.07 Å². The maximum Gasteiger partial charge on any atom is 0.130 e. The summed E-state index contributed by atoms with van der Waals surface area (Å²) in [6, 6.07) is 8.08. The molecule has 1 aliphatic rings. The second-order valence-electron chi connectivity index (χ2n) is 2.30. The van der Waals surface area contributed by atoms with Gasteiger partial charge in [-0.3, -0.25) is 0 Å². The molecule has 12 heavy (non-hydrogen) atoms. The van der Waals surface area contributed by atoms with Gasteiger partial charge >= 0.3 is 0 Å². The number of hydrogen-bond donors (Lipinski definition) is 0. The zero-order chi connectivity index (χ0) is 8.81. The highest BCUT2D eigenvalue weighted by Crippen LogP contribution is 2.21.